The highest BCUT2D eigenvalue weighted by Gasteiger charge is 2.28. The molecule has 1 aliphatic rings. The second-order valence-corrected chi connectivity index (χ2v) is 5.61. The average molecular weight is 273 g/mol. The summed E-state index contributed by atoms with van der Waals surface area (Å²) >= 11 is 0. The predicted octanol–water partition coefficient (Wildman–Crippen LogP) is 3.00. The Hall–Kier alpha value is -1.55. The zero-order chi connectivity index (χ0) is 14.1. The molecule has 108 valence electrons. The minimum atomic E-state index is 0.394. The molecule has 1 aliphatic heterocycles. The molecule has 4 nitrogen and oxygen atoms in total. The normalized spacial score (nSPS) is 22.7. The number of benzene rings is 1. The van der Waals surface area contributed by atoms with Gasteiger partial charge in [-0.25, -0.2) is 4.98 Å². The maximum atomic E-state index is 5.86. The zero-order valence-electron chi connectivity index (χ0n) is 12.3. The lowest BCUT2D eigenvalue weighted by Gasteiger charge is -2.19. The Morgan fingerprint density at radius 1 is 1.40 bits per heavy atom. The summed E-state index contributed by atoms with van der Waals surface area (Å²) in [4.78, 5) is 4.73. The third kappa shape index (κ3) is 2.29. The molecule has 1 saturated heterocycles. The minimum absolute atomic E-state index is 0.394. The molecular formula is C16H23N3O. The van der Waals surface area contributed by atoms with Crippen LogP contribution in [0.1, 0.15) is 32.5 Å². The maximum absolute atomic E-state index is 5.86. The van der Waals surface area contributed by atoms with E-state index in [9.17, 15) is 0 Å². The molecule has 1 aromatic heterocycles. The summed E-state index contributed by atoms with van der Waals surface area (Å²) in [5.41, 5.74) is 8.84. The molecule has 0 radical (unpaired) electrons. The number of rotatable bonds is 4. The number of anilines is 1. The Morgan fingerprint density at radius 2 is 2.25 bits per heavy atom. The van der Waals surface area contributed by atoms with Crippen molar-refractivity contribution in [1.82, 2.24) is 9.55 Å². The van der Waals surface area contributed by atoms with Crippen LogP contribution in [0.25, 0.3) is 11.0 Å². The van der Waals surface area contributed by atoms with Crippen molar-refractivity contribution in [3.8, 4) is 0 Å². The molecule has 0 amide bonds. The predicted molar refractivity (Wildman–Crippen MR) is 81.7 cm³/mol. The van der Waals surface area contributed by atoms with E-state index in [0.29, 0.717) is 12.0 Å². The monoisotopic (exact) mass is 273 g/mol. The van der Waals surface area contributed by atoms with Gasteiger partial charge in [-0.05, 0) is 31.0 Å². The quantitative estimate of drug-likeness (QED) is 0.871. The Bertz CT molecular complexity index is 605. The molecule has 2 atom stereocenters. The van der Waals surface area contributed by atoms with Crippen LogP contribution in [0.3, 0.4) is 0 Å². The average Bonchev–Trinajstić information content (AvgIpc) is 3.03. The molecule has 20 heavy (non-hydrogen) atoms. The second-order valence-electron chi connectivity index (χ2n) is 5.61. The van der Waals surface area contributed by atoms with Gasteiger partial charge in [-0.1, -0.05) is 13.8 Å². The number of ether oxygens (including phenoxy) is 1. The van der Waals surface area contributed by atoms with Crippen LogP contribution < -0.4 is 5.73 Å². The number of hydrogen-bond donors (Lipinski definition) is 1. The van der Waals surface area contributed by atoms with E-state index in [1.165, 1.54) is 5.52 Å². The van der Waals surface area contributed by atoms with Crippen molar-refractivity contribution < 1.29 is 4.74 Å². The summed E-state index contributed by atoms with van der Waals surface area (Å²) in [5, 5.41) is 0. The van der Waals surface area contributed by atoms with Crippen LogP contribution in [0, 0.1) is 5.92 Å². The molecule has 2 unspecified atom stereocenters. The van der Waals surface area contributed by atoms with Gasteiger partial charge in [0.1, 0.15) is 5.82 Å². The number of aromatic nitrogens is 2. The first-order chi connectivity index (χ1) is 9.72. The van der Waals surface area contributed by atoms with E-state index in [2.05, 4.69) is 24.5 Å². The summed E-state index contributed by atoms with van der Waals surface area (Å²) in [7, 11) is 0. The Labute approximate surface area is 119 Å². The lowest BCUT2D eigenvalue weighted by Crippen LogP contribution is -2.21. The number of fused-ring (bicyclic) bond motifs is 1. The molecule has 2 aromatic rings. The van der Waals surface area contributed by atoms with E-state index in [1.807, 2.05) is 12.1 Å². The van der Waals surface area contributed by atoms with Crippen LogP contribution in [0.2, 0.25) is 0 Å². The van der Waals surface area contributed by atoms with Gasteiger partial charge in [-0.2, -0.15) is 0 Å². The highest BCUT2D eigenvalue weighted by atomic mass is 16.5. The molecule has 2 heterocycles. The molecule has 0 saturated carbocycles. The van der Waals surface area contributed by atoms with Crippen LogP contribution >= 0.6 is 0 Å². The van der Waals surface area contributed by atoms with E-state index < -0.39 is 0 Å². The molecule has 1 fully saturated rings. The van der Waals surface area contributed by atoms with E-state index in [-0.39, 0.29) is 0 Å². The largest absolute Gasteiger partial charge is 0.399 e. The first-order valence-corrected chi connectivity index (χ1v) is 7.59. The van der Waals surface area contributed by atoms with Crippen LogP contribution in [-0.4, -0.2) is 22.3 Å². The maximum Gasteiger partial charge on any atom is 0.109 e. The van der Waals surface area contributed by atoms with Gasteiger partial charge in [0.25, 0.3) is 0 Å². The van der Waals surface area contributed by atoms with Crippen molar-refractivity contribution in [1.29, 1.82) is 0 Å². The fourth-order valence-electron chi connectivity index (χ4n) is 3.26. The number of aryl methyl sites for hydroxylation is 1. The summed E-state index contributed by atoms with van der Waals surface area (Å²) < 4.78 is 8.17. The van der Waals surface area contributed by atoms with E-state index in [0.717, 1.165) is 49.4 Å². The van der Waals surface area contributed by atoms with E-state index >= 15 is 0 Å². The van der Waals surface area contributed by atoms with Crippen LogP contribution in [-0.2, 0) is 17.7 Å². The van der Waals surface area contributed by atoms with Gasteiger partial charge in [0, 0.05) is 31.2 Å². The first-order valence-electron chi connectivity index (χ1n) is 7.59. The molecular weight excluding hydrogens is 250 g/mol. The molecule has 2 N–H and O–H groups in total. The molecule has 3 rings (SSSR count). The zero-order valence-corrected chi connectivity index (χ0v) is 12.3. The third-order valence-electron chi connectivity index (χ3n) is 4.33. The van der Waals surface area contributed by atoms with Gasteiger partial charge in [0.2, 0.25) is 0 Å². The Morgan fingerprint density at radius 3 is 3.00 bits per heavy atom. The summed E-state index contributed by atoms with van der Waals surface area (Å²) in [6.07, 6.45) is 3.58. The molecule has 0 aliphatic carbocycles. The smallest absolute Gasteiger partial charge is 0.109 e. The fourth-order valence-corrected chi connectivity index (χ4v) is 3.26. The van der Waals surface area contributed by atoms with Crippen LogP contribution in [0.5, 0.6) is 0 Å². The number of hydrogen-bond acceptors (Lipinski definition) is 3. The third-order valence-corrected chi connectivity index (χ3v) is 4.33. The summed E-state index contributed by atoms with van der Waals surface area (Å²) in [5.74, 6) is 1.74. The van der Waals surface area contributed by atoms with Crippen molar-refractivity contribution in [2.24, 2.45) is 5.92 Å². The van der Waals surface area contributed by atoms with E-state index in [4.69, 9.17) is 15.5 Å². The number of nitrogens with two attached hydrogens (primary N) is 1. The highest BCUT2D eigenvalue weighted by Crippen LogP contribution is 2.28. The number of imidazole rings is 1. The van der Waals surface area contributed by atoms with Gasteiger partial charge in [0.15, 0.2) is 0 Å². The van der Waals surface area contributed by atoms with Gasteiger partial charge in [0.05, 0.1) is 17.1 Å². The highest BCUT2D eigenvalue weighted by molar-refractivity contribution is 5.79. The van der Waals surface area contributed by atoms with Crippen molar-refractivity contribution in [3.05, 3.63) is 24.0 Å². The van der Waals surface area contributed by atoms with Crippen LogP contribution in [0.4, 0.5) is 5.69 Å². The number of nitrogen functional groups attached to an aromatic ring is 1. The van der Waals surface area contributed by atoms with Crippen LogP contribution in [0.15, 0.2) is 18.2 Å². The Balaban J connectivity index is 1.97. The van der Waals surface area contributed by atoms with Crippen molar-refractivity contribution in [3.63, 3.8) is 0 Å². The summed E-state index contributed by atoms with van der Waals surface area (Å²) in [6.45, 7) is 6.26. The summed E-state index contributed by atoms with van der Waals surface area (Å²) in [6, 6.07) is 6.02. The van der Waals surface area contributed by atoms with Crippen molar-refractivity contribution in [2.45, 2.75) is 45.8 Å². The lowest BCUT2D eigenvalue weighted by molar-refractivity contribution is 0.0836. The second kappa shape index (κ2) is 5.44. The lowest BCUT2D eigenvalue weighted by atomic mass is 9.99. The fraction of sp³-hybridized carbons (Fsp3) is 0.562. The molecule has 0 bridgehead atoms. The molecule has 0 spiro atoms. The standard InChI is InChI=1S/C16H23N3O/c1-3-15-11(7-8-20-15)10-19-14-6-5-12(17)9-13(14)18-16(19)4-2/h5-6,9,11,15H,3-4,7-8,10,17H2,1-2H3. The van der Waals surface area contributed by atoms with Gasteiger partial charge >= 0.3 is 0 Å². The SMILES string of the molecule is CCc1nc2cc(N)ccc2n1CC1CCOC1CC. The first kappa shape index (κ1) is 13.4. The van der Waals surface area contributed by atoms with Crippen molar-refractivity contribution >= 4 is 16.7 Å². The van der Waals surface area contributed by atoms with Gasteiger partial charge < -0.3 is 15.0 Å². The minimum Gasteiger partial charge on any atom is -0.399 e. The number of nitrogens with zero attached hydrogens (tertiary/aromatic N) is 2. The molecule has 1 aromatic carbocycles. The van der Waals surface area contributed by atoms with E-state index in [1.54, 1.807) is 0 Å². The van der Waals surface area contributed by atoms with Crippen molar-refractivity contribution in [2.75, 3.05) is 12.3 Å². The van der Waals surface area contributed by atoms with Gasteiger partial charge in [-0.3, -0.25) is 0 Å². The Kier molecular flexibility index (Phi) is 3.66. The molecule has 4 heteroatoms. The topological polar surface area (TPSA) is 53.1 Å². The van der Waals surface area contributed by atoms with Gasteiger partial charge in [-0.15, -0.1) is 0 Å².